The van der Waals surface area contributed by atoms with Gasteiger partial charge in [-0.25, -0.2) is 0 Å². The maximum absolute atomic E-state index is 11.9. The molecule has 0 aliphatic heterocycles. The second-order valence-electron chi connectivity index (χ2n) is 7.54. The highest BCUT2D eigenvalue weighted by Crippen LogP contribution is 2.36. The third-order valence-corrected chi connectivity index (χ3v) is 5.52. The van der Waals surface area contributed by atoms with Crippen LogP contribution in [0.2, 0.25) is 0 Å². The normalized spacial score (nSPS) is 17.9. The minimum Gasteiger partial charge on any atom is -0.481 e. The van der Waals surface area contributed by atoms with Gasteiger partial charge in [-0.05, 0) is 24.2 Å². The van der Waals surface area contributed by atoms with Crippen LogP contribution in [-0.4, -0.2) is 44.3 Å². The van der Waals surface area contributed by atoms with Crippen molar-refractivity contribution in [3.63, 3.8) is 0 Å². The van der Waals surface area contributed by atoms with E-state index in [-0.39, 0.29) is 5.92 Å². The van der Waals surface area contributed by atoms with Gasteiger partial charge in [0, 0.05) is 6.42 Å². The highest BCUT2D eigenvalue weighted by Gasteiger charge is 2.42. The molecule has 6 atom stereocenters. The monoisotopic (exact) mass is 388 g/mol. The second-order valence-corrected chi connectivity index (χ2v) is 7.54. The Balaban J connectivity index is 5.64. The van der Waals surface area contributed by atoms with Crippen LogP contribution < -0.4 is 0 Å². The fourth-order valence-corrected chi connectivity index (χ4v) is 3.58. The summed E-state index contributed by atoms with van der Waals surface area (Å²) in [5, 5.41) is 37.6. The van der Waals surface area contributed by atoms with Crippen molar-refractivity contribution in [2.75, 3.05) is 0 Å². The molecule has 0 aromatic heterocycles. The first-order valence-electron chi connectivity index (χ1n) is 9.34. The Morgan fingerprint density at radius 1 is 0.778 bits per heavy atom. The molecule has 0 aliphatic rings. The molecule has 8 heteroatoms. The van der Waals surface area contributed by atoms with E-state index in [4.69, 9.17) is 5.11 Å². The van der Waals surface area contributed by atoms with Crippen LogP contribution in [0.5, 0.6) is 0 Å². The van der Waals surface area contributed by atoms with Gasteiger partial charge >= 0.3 is 23.9 Å². The number of hydrogen-bond acceptors (Lipinski definition) is 4. The molecular formula is C19H32O8. The first-order valence-corrected chi connectivity index (χ1v) is 9.34. The van der Waals surface area contributed by atoms with Gasteiger partial charge in [0.1, 0.15) is 0 Å². The third kappa shape index (κ3) is 7.97. The number of carboxylic acids is 4. The standard InChI is InChI=1S/C19H32O8/c1-5-6-7-10(2)12(4)16(19(26)27)14(18(24)25)9-13(17(22)23)11(3)8-15(20)21/h10-14,16H,5-9H2,1-4H3,(H,20,21)(H,22,23)(H,24,25)(H,26,27). The zero-order chi connectivity index (χ0) is 21.3. The fourth-order valence-electron chi connectivity index (χ4n) is 3.58. The van der Waals surface area contributed by atoms with E-state index in [9.17, 15) is 34.5 Å². The maximum atomic E-state index is 11.9. The Morgan fingerprint density at radius 2 is 1.30 bits per heavy atom. The average molecular weight is 388 g/mol. The van der Waals surface area contributed by atoms with E-state index in [1.165, 1.54) is 6.92 Å². The van der Waals surface area contributed by atoms with E-state index < -0.39 is 66.3 Å². The molecule has 0 radical (unpaired) electrons. The van der Waals surface area contributed by atoms with Crippen molar-refractivity contribution >= 4 is 23.9 Å². The molecule has 0 saturated heterocycles. The van der Waals surface area contributed by atoms with E-state index >= 15 is 0 Å². The number of carbonyl (C=O) groups is 4. The summed E-state index contributed by atoms with van der Waals surface area (Å²) < 4.78 is 0. The van der Waals surface area contributed by atoms with Crippen molar-refractivity contribution in [3.05, 3.63) is 0 Å². The van der Waals surface area contributed by atoms with Gasteiger partial charge in [-0.15, -0.1) is 0 Å². The second kappa shape index (κ2) is 11.6. The smallest absolute Gasteiger partial charge is 0.307 e. The molecule has 0 saturated carbocycles. The minimum absolute atomic E-state index is 0.0346. The van der Waals surface area contributed by atoms with Crippen molar-refractivity contribution in [2.24, 2.45) is 35.5 Å². The summed E-state index contributed by atoms with van der Waals surface area (Å²) in [5.41, 5.74) is 0. The van der Waals surface area contributed by atoms with Crippen LogP contribution in [0.25, 0.3) is 0 Å². The van der Waals surface area contributed by atoms with Gasteiger partial charge in [0.25, 0.3) is 0 Å². The minimum atomic E-state index is -1.40. The Hall–Kier alpha value is -2.12. The molecule has 6 unspecified atom stereocenters. The number of rotatable bonds is 14. The van der Waals surface area contributed by atoms with E-state index in [0.29, 0.717) is 0 Å². The van der Waals surface area contributed by atoms with Crippen molar-refractivity contribution in [3.8, 4) is 0 Å². The number of carboxylic acid groups (broad SMARTS) is 4. The van der Waals surface area contributed by atoms with Gasteiger partial charge in [-0.2, -0.15) is 0 Å². The molecular weight excluding hydrogens is 356 g/mol. The summed E-state index contributed by atoms with van der Waals surface area (Å²) in [5.74, 6) is -10.3. The van der Waals surface area contributed by atoms with Gasteiger partial charge in [0.05, 0.1) is 17.8 Å². The van der Waals surface area contributed by atoms with Gasteiger partial charge in [-0.3, -0.25) is 19.2 Å². The van der Waals surface area contributed by atoms with E-state index in [1.54, 1.807) is 6.92 Å². The van der Waals surface area contributed by atoms with Crippen molar-refractivity contribution in [1.82, 2.24) is 0 Å². The third-order valence-electron chi connectivity index (χ3n) is 5.52. The molecule has 156 valence electrons. The van der Waals surface area contributed by atoms with E-state index in [2.05, 4.69) is 0 Å². The van der Waals surface area contributed by atoms with Crippen LogP contribution in [0.15, 0.2) is 0 Å². The van der Waals surface area contributed by atoms with Gasteiger partial charge in [-0.1, -0.05) is 47.0 Å². The summed E-state index contributed by atoms with van der Waals surface area (Å²) in [7, 11) is 0. The molecule has 8 nitrogen and oxygen atoms in total. The predicted molar refractivity (Wildman–Crippen MR) is 97.3 cm³/mol. The highest BCUT2D eigenvalue weighted by atomic mass is 16.4. The Kier molecular flexibility index (Phi) is 10.7. The van der Waals surface area contributed by atoms with Crippen molar-refractivity contribution < 1.29 is 39.6 Å². The lowest BCUT2D eigenvalue weighted by molar-refractivity contribution is -0.160. The summed E-state index contributed by atoms with van der Waals surface area (Å²) >= 11 is 0. The van der Waals surface area contributed by atoms with Gasteiger partial charge in [0.15, 0.2) is 0 Å². The first-order chi connectivity index (χ1) is 12.4. The molecule has 0 bridgehead atoms. The van der Waals surface area contributed by atoms with E-state index in [1.807, 2.05) is 13.8 Å². The summed E-state index contributed by atoms with van der Waals surface area (Å²) in [6.45, 7) is 6.99. The van der Waals surface area contributed by atoms with Gasteiger partial charge < -0.3 is 20.4 Å². The zero-order valence-corrected chi connectivity index (χ0v) is 16.4. The highest BCUT2D eigenvalue weighted by molar-refractivity contribution is 5.81. The SMILES string of the molecule is CCCCC(C)C(C)C(C(=O)O)C(CC(C(=O)O)C(C)CC(=O)O)C(=O)O. The number of unbranched alkanes of at least 4 members (excludes halogenated alkanes) is 1. The van der Waals surface area contributed by atoms with Gasteiger partial charge in [0.2, 0.25) is 0 Å². The topological polar surface area (TPSA) is 149 Å². The summed E-state index contributed by atoms with van der Waals surface area (Å²) in [6, 6.07) is 0. The van der Waals surface area contributed by atoms with Crippen LogP contribution in [0.4, 0.5) is 0 Å². The largest absolute Gasteiger partial charge is 0.481 e. The van der Waals surface area contributed by atoms with Crippen molar-refractivity contribution in [2.45, 2.75) is 59.8 Å². The Morgan fingerprint density at radius 3 is 1.67 bits per heavy atom. The number of hydrogen-bond donors (Lipinski definition) is 4. The molecule has 0 amide bonds. The van der Waals surface area contributed by atoms with E-state index in [0.717, 1.165) is 19.3 Å². The lowest BCUT2D eigenvalue weighted by Gasteiger charge is -2.32. The van der Waals surface area contributed by atoms with Crippen LogP contribution in [0, 0.1) is 35.5 Å². The maximum Gasteiger partial charge on any atom is 0.307 e. The van der Waals surface area contributed by atoms with Crippen LogP contribution in [-0.2, 0) is 19.2 Å². The summed E-state index contributed by atoms with van der Waals surface area (Å²) in [4.78, 5) is 46.2. The Labute approximate surface area is 159 Å². The number of aliphatic carboxylic acids is 4. The quantitative estimate of drug-likeness (QED) is 0.355. The first kappa shape index (κ1) is 24.9. The van der Waals surface area contributed by atoms with Crippen LogP contribution >= 0.6 is 0 Å². The fraction of sp³-hybridized carbons (Fsp3) is 0.789. The zero-order valence-electron chi connectivity index (χ0n) is 16.4. The lowest BCUT2D eigenvalue weighted by Crippen LogP contribution is -2.40. The molecule has 0 rings (SSSR count). The molecule has 0 aromatic rings. The average Bonchev–Trinajstić information content (AvgIpc) is 2.53. The molecule has 0 spiro atoms. The molecule has 0 aliphatic carbocycles. The lowest BCUT2D eigenvalue weighted by atomic mass is 9.71. The Bertz CT molecular complexity index is 530. The van der Waals surface area contributed by atoms with Crippen LogP contribution in [0.1, 0.15) is 59.8 Å². The molecule has 0 aromatic carbocycles. The predicted octanol–water partition coefficient (Wildman–Crippen LogP) is 3.05. The molecule has 0 fully saturated rings. The molecule has 27 heavy (non-hydrogen) atoms. The van der Waals surface area contributed by atoms with Crippen molar-refractivity contribution in [1.29, 1.82) is 0 Å². The van der Waals surface area contributed by atoms with Crippen LogP contribution in [0.3, 0.4) is 0 Å². The summed E-state index contributed by atoms with van der Waals surface area (Å²) in [6.07, 6.45) is 1.74. The molecule has 4 N–H and O–H groups in total. The molecule has 0 heterocycles.